The second kappa shape index (κ2) is 11.0. The number of aryl methyl sites for hydroxylation is 1. The van der Waals surface area contributed by atoms with Gasteiger partial charge >= 0.3 is 6.09 Å². The quantitative estimate of drug-likeness (QED) is 0.299. The Balaban J connectivity index is 1.49. The zero-order valence-electron chi connectivity index (χ0n) is 19.2. The van der Waals surface area contributed by atoms with E-state index >= 15 is 0 Å². The molecule has 35 heavy (non-hydrogen) atoms. The number of hydrogen-bond acceptors (Lipinski definition) is 7. The van der Waals surface area contributed by atoms with E-state index in [4.69, 9.17) is 15.2 Å². The number of imidazole rings is 1. The van der Waals surface area contributed by atoms with Gasteiger partial charge in [-0.25, -0.2) is 14.8 Å². The van der Waals surface area contributed by atoms with Gasteiger partial charge in [0.25, 0.3) is 0 Å². The van der Waals surface area contributed by atoms with Gasteiger partial charge in [-0.2, -0.15) is 0 Å². The molecule has 0 fully saturated rings. The number of amides is 2. The van der Waals surface area contributed by atoms with Gasteiger partial charge in [0, 0.05) is 24.8 Å². The number of primary amides is 1. The minimum absolute atomic E-state index is 0.205. The fraction of sp³-hybridized carbons (Fsp3) is 0.200. The van der Waals surface area contributed by atoms with Crippen LogP contribution in [0.15, 0.2) is 66.9 Å². The molecule has 0 aliphatic rings. The van der Waals surface area contributed by atoms with Crippen molar-refractivity contribution in [3.05, 3.63) is 78.0 Å². The molecule has 2 amide bonds. The minimum atomic E-state index is -0.572. The van der Waals surface area contributed by atoms with Crippen LogP contribution in [-0.2, 0) is 17.9 Å². The largest absolute Gasteiger partial charge is 0.494 e. The Bertz CT molecular complexity index is 1310. The number of ether oxygens (including phenoxy) is 2. The Morgan fingerprint density at radius 2 is 1.89 bits per heavy atom. The molecule has 0 saturated heterocycles. The highest BCUT2D eigenvalue weighted by atomic mass is 16.5. The normalized spacial score (nSPS) is 10.7. The number of rotatable bonds is 10. The lowest BCUT2D eigenvalue weighted by atomic mass is 10.1. The van der Waals surface area contributed by atoms with Gasteiger partial charge in [0.2, 0.25) is 11.9 Å². The number of carbonyl (C=O) groups excluding carboxylic acids is 2. The first-order valence-corrected chi connectivity index (χ1v) is 11.1. The highest BCUT2D eigenvalue weighted by Gasteiger charge is 2.18. The lowest BCUT2D eigenvalue weighted by Gasteiger charge is -2.13. The summed E-state index contributed by atoms with van der Waals surface area (Å²) in [7, 11) is 1.52. The number of hydrogen-bond donors (Lipinski definition) is 3. The molecule has 2 aromatic heterocycles. The van der Waals surface area contributed by atoms with Gasteiger partial charge in [0.05, 0.1) is 12.6 Å². The number of alkyl carbamates (subject to hydrolysis) is 1. The molecule has 2 aromatic carbocycles. The van der Waals surface area contributed by atoms with Crippen LogP contribution in [0.2, 0.25) is 0 Å². The number of anilines is 2. The Hall–Kier alpha value is -4.60. The van der Waals surface area contributed by atoms with E-state index in [-0.39, 0.29) is 6.61 Å². The van der Waals surface area contributed by atoms with Crippen LogP contribution >= 0.6 is 0 Å². The molecule has 4 N–H and O–H groups in total. The third-order valence-corrected chi connectivity index (χ3v) is 5.26. The van der Waals surface area contributed by atoms with E-state index in [0.717, 1.165) is 5.56 Å². The molecule has 10 heteroatoms. The smallest absolute Gasteiger partial charge is 0.407 e. The lowest BCUT2D eigenvalue weighted by molar-refractivity contribution is 0.1000. The fourth-order valence-corrected chi connectivity index (χ4v) is 3.59. The molecule has 4 rings (SSSR count). The first kappa shape index (κ1) is 23.6. The molecule has 0 unspecified atom stereocenters. The van der Waals surface area contributed by atoms with Gasteiger partial charge in [0.15, 0.2) is 0 Å². The van der Waals surface area contributed by atoms with E-state index < -0.39 is 12.0 Å². The topological polar surface area (TPSA) is 133 Å². The van der Waals surface area contributed by atoms with E-state index in [9.17, 15) is 9.59 Å². The first-order valence-electron chi connectivity index (χ1n) is 11.1. The van der Waals surface area contributed by atoms with Crippen molar-refractivity contribution in [2.24, 2.45) is 5.73 Å². The summed E-state index contributed by atoms with van der Waals surface area (Å²) < 4.78 is 12.7. The highest BCUT2D eigenvalue weighted by molar-refractivity contribution is 5.99. The van der Waals surface area contributed by atoms with Crippen molar-refractivity contribution >= 4 is 34.8 Å². The van der Waals surface area contributed by atoms with Gasteiger partial charge in [0.1, 0.15) is 23.7 Å². The standard InChI is InChI=1S/C25H26N6O4/c1-34-20-15-18(23(26)32)14-19-22(20)31(24(29-19)30-21-10-5-6-11-27-21)13-7-12-28-25(33)35-16-17-8-3-2-4-9-17/h2-6,8-11,14-15H,7,12-13,16H2,1H3,(H2,26,32)(H,28,33)(H,27,29,30). The number of carbonyl (C=O) groups is 2. The zero-order valence-corrected chi connectivity index (χ0v) is 19.2. The molecule has 0 spiro atoms. The Labute approximate surface area is 202 Å². The summed E-state index contributed by atoms with van der Waals surface area (Å²) in [6.45, 7) is 1.09. The number of methoxy groups -OCH3 is 1. The zero-order chi connectivity index (χ0) is 24.6. The second-order valence-electron chi connectivity index (χ2n) is 7.68. The van der Waals surface area contributed by atoms with Gasteiger partial charge in [-0.15, -0.1) is 0 Å². The van der Waals surface area contributed by atoms with Crippen molar-refractivity contribution in [2.45, 2.75) is 19.6 Å². The Kier molecular flexibility index (Phi) is 7.41. The van der Waals surface area contributed by atoms with Crippen LogP contribution in [0.25, 0.3) is 11.0 Å². The molecular formula is C25H26N6O4. The van der Waals surface area contributed by atoms with Crippen molar-refractivity contribution in [3.8, 4) is 5.75 Å². The molecule has 0 atom stereocenters. The summed E-state index contributed by atoms with van der Waals surface area (Å²) in [6, 6.07) is 18.2. The maximum Gasteiger partial charge on any atom is 0.407 e. The van der Waals surface area contributed by atoms with Crippen molar-refractivity contribution in [1.82, 2.24) is 19.9 Å². The summed E-state index contributed by atoms with van der Waals surface area (Å²) in [5.74, 6) is 1.02. The fourth-order valence-electron chi connectivity index (χ4n) is 3.59. The third-order valence-electron chi connectivity index (χ3n) is 5.26. The van der Waals surface area contributed by atoms with Crippen LogP contribution in [0.1, 0.15) is 22.3 Å². The average molecular weight is 475 g/mol. The van der Waals surface area contributed by atoms with Gasteiger partial charge in [-0.05, 0) is 36.2 Å². The number of aromatic nitrogens is 3. The van der Waals surface area contributed by atoms with E-state index in [1.165, 1.54) is 7.11 Å². The monoisotopic (exact) mass is 474 g/mol. The lowest BCUT2D eigenvalue weighted by Crippen LogP contribution is -2.26. The van der Waals surface area contributed by atoms with Crippen LogP contribution in [0.3, 0.4) is 0 Å². The molecule has 0 aliphatic carbocycles. The minimum Gasteiger partial charge on any atom is -0.494 e. The molecule has 0 bridgehead atoms. The van der Waals surface area contributed by atoms with Crippen LogP contribution in [-0.4, -0.2) is 40.2 Å². The number of nitrogens with zero attached hydrogens (tertiary/aromatic N) is 3. The van der Waals surface area contributed by atoms with E-state index in [0.29, 0.717) is 53.6 Å². The number of pyridine rings is 1. The Morgan fingerprint density at radius 1 is 1.09 bits per heavy atom. The third kappa shape index (κ3) is 5.85. The van der Waals surface area contributed by atoms with Gasteiger partial charge < -0.3 is 30.4 Å². The summed E-state index contributed by atoms with van der Waals surface area (Å²) >= 11 is 0. The van der Waals surface area contributed by atoms with Gasteiger partial charge in [-0.1, -0.05) is 36.4 Å². The molecule has 4 aromatic rings. The van der Waals surface area contributed by atoms with Crippen LogP contribution in [0.4, 0.5) is 16.6 Å². The molecule has 0 aliphatic heterocycles. The van der Waals surface area contributed by atoms with Crippen LogP contribution < -0.4 is 21.1 Å². The first-order chi connectivity index (χ1) is 17.0. The predicted octanol–water partition coefficient (Wildman–Crippen LogP) is 3.60. The average Bonchev–Trinajstić information content (AvgIpc) is 3.22. The predicted molar refractivity (Wildman–Crippen MR) is 132 cm³/mol. The maximum absolute atomic E-state index is 12.1. The number of benzene rings is 2. The number of nitrogens with one attached hydrogen (secondary N) is 2. The van der Waals surface area contributed by atoms with Gasteiger partial charge in [-0.3, -0.25) is 4.79 Å². The van der Waals surface area contributed by atoms with Crippen molar-refractivity contribution in [3.63, 3.8) is 0 Å². The highest BCUT2D eigenvalue weighted by Crippen LogP contribution is 2.31. The molecule has 0 saturated carbocycles. The van der Waals surface area contributed by atoms with Crippen LogP contribution in [0.5, 0.6) is 5.75 Å². The number of nitrogens with two attached hydrogens (primary N) is 1. The van der Waals surface area contributed by atoms with E-state index in [2.05, 4.69) is 20.6 Å². The number of fused-ring (bicyclic) bond motifs is 1. The molecular weight excluding hydrogens is 448 g/mol. The van der Waals surface area contributed by atoms with Crippen LogP contribution in [0, 0.1) is 0 Å². The second-order valence-corrected chi connectivity index (χ2v) is 7.68. The van der Waals surface area contributed by atoms with E-state index in [1.807, 2.05) is 53.1 Å². The Morgan fingerprint density at radius 3 is 2.60 bits per heavy atom. The summed E-state index contributed by atoms with van der Waals surface area (Å²) in [6.07, 6.45) is 1.77. The summed E-state index contributed by atoms with van der Waals surface area (Å²) in [5.41, 5.74) is 7.94. The van der Waals surface area contributed by atoms with Crippen molar-refractivity contribution in [1.29, 1.82) is 0 Å². The molecule has 2 heterocycles. The summed E-state index contributed by atoms with van der Waals surface area (Å²) in [4.78, 5) is 32.8. The van der Waals surface area contributed by atoms with E-state index in [1.54, 1.807) is 18.3 Å². The van der Waals surface area contributed by atoms with Crippen molar-refractivity contribution < 1.29 is 19.1 Å². The van der Waals surface area contributed by atoms with Crippen molar-refractivity contribution in [2.75, 3.05) is 19.0 Å². The molecule has 180 valence electrons. The SMILES string of the molecule is COc1cc(C(N)=O)cc2nc(Nc3ccccn3)n(CCCNC(=O)OCc3ccccc3)c12. The molecule has 0 radical (unpaired) electrons. The maximum atomic E-state index is 12.1. The summed E-state index contributed by atoms with van der Waals surface area (Å²) in [5, 5.41) is 5.97. The molecule has 10 nitrogen and oxygen atoms in total.